The van der Waals surface area contributed by atoms with Crippen LogP contribution in [0, 0.1) is 5.92 Å². The number of anilines is 1. The van der Waals surface area contributed by atoms with E-state index in [4.69, 9.17) is 0 Å². The van der Waals surface area contributed by atoms with Crippen molar-refractivity contribution in [3.63, 3.8) is 0 Å². The lowest BCUT2D eigenvalue weighted by Gasteiger charge is -2.30. The molecular formula is C15H25BrN4. The van der Waals surface area contributed by atoms with Gasteiger partial charge < -0.3 is 10.2 Å². The van der Waals surface area contributed by atoms with E-state index in [0.29, 0.717) is 0 Å². The van der Waals surface area contributed by atoms with Gasteiger partial charge in [0.15, 0.2) is 0 Å². The van der Waals surface area contributed by atoms with Crippen LogP contribution in [-0.4, -0.2) is 41.0 Å². The first-order chi connectivity index (χ1) is 9.67. The van der Waals surface area contributed by atoms with E-state index in [9.17, 15) is 0 Å². The molecule has 0 radical (unpaired) electrons. The molecule has 0 unspecified atom stereocenters. The van der Waals surface area contributed by atoms with Crippen molar-refractivity contribution in [1.82, 2.24) is 14.9 Å². The van der Waals surface area contributed by atoms with Gasteiger partial charge in [-0.3, -0.25) is 0 Å². The van der Waals surface area contributed by atoms with Gasteiger partial charge >= 0.3 is 0 Å². The summed E-state index contributed by atoms with van der Waals surface area (Å²) in [6.45, 7) is 9.01. The van der Waals surface area contributed by atoms with E-state index < -0.39 is 0 Å². The van der Waals surface area contributed by atoms with Crippen LogP contribution in [-0.2, 0) is 6.42 Å². The van der Waals surface area contributed by atoms with E-state index in [-0.39, 0.29) is 0 Å². The van der Waals surface area contributed by atoms with Gasteiger partial charge in [-0.25, -0.2) is 9.97 Å². The number of hydrogen-bond acceptors (Lipinski definition) is 4. The molecule has 1 fully saturated rings. The Balaban J connectivity index is 1.78. The second kappa shape index (κ2) is 7.93. The Morgan fingerprint density at radius 1 is 1.35 bits per heavy atom. The lowest BCUT2D eigenvalue weighted by Crippen LogP contribution is -2.36. The summed E-state index contributed by atoms with van der Waals surface area (Å²) < 4.78 is 0.866. The minimum Gasteiger partial charge on any atom is -0.369 e. The van der Waals surface area contributed by atoms with E-state index in [2.05, 4.69) is 50.0 Å². The zero-order valence-electron chi connectivity index (χ0n) is 12.5. The highest BCUT2D eigenvalue weighted by Gasteiger charge is 2.14. The predicted octanol–water partition coefficient (Wildman–Crippen LogP) is 3.34. The van der Waals surface area contributed by atoms with Crippen LogP contribution < -0.4 is 5.32 Å². The van der Waals surface area contributed by atoms with Gasteiger partial charge in [0.25, 0.3) is 0 Å². The Labute approximate surface area is 130 Å². The summed E-state index contributed by atoms with van der Waals surface area (Å²) in [4.78, 5) is 11.5. The number of nitrogens with one attached hydrogen (secondary N) is 1. The molecular weight excluding hydrogens is 316 g/mol. The number of likely N-dealkylation sites (tertiary alicyclic amines) is 1. The summed E-state index contributed by atoms with van der Waals surface area (Å²) in [6.07, 6.45) is 4.67. The molecule has 0 amide bonds. The molecule has 112 valence electrons. The molecule has 4 nitrogen and oxygen atoms in total. The smallest absolute Gasteiger partial charge is 0.132 e. The summed E-state index contributed by atoms with van der Waals surface area (Å²) in [6, 6.07) is 1.96. The molecule has 1 N–H and O–H groups in total. The van der Waals surface area contributed by atoms with Gasteiger partial charge in [0.2, 0.25) is 0 Å². The van der Waals surface area contributed by atoms with Crippen molar-refractivity contribution >= 4 is 21.7 Å². The minimum absolute atomic E-state index is 0.866. The highest BCUT2D eigenvalue weighted by molar-refractivity contribution is 9.10. The highest BCUT2D eigenvalue weighted by Crippen LogP contribution is 2.16. The maximum atomic E-state index is 4.55. The maximum absolute atomic E-state index is 4.55. The summed E-state index contributed by atoms with van der Waals surface area (Å²) in [5.41, 5.74) is 0. The number of hydrogen-bond donors (Lipinski definition) is 1. The van der Waals surface area contributed by atoms with Crippen LogP contribution in [0.3, 0.4) is 0 Å². The van der Waals surface area contributed by atoms with Crippen LogP contribution in [0.1, 0.15) is 38.9 Å². The van der Waals surface area contributed by atoms with Gasteiger partial charge in [-0.2, -0.15) is 0 Å². The predicted molar refractivity (Wildman–Crippen MR) is 87.1 cm³/mol. The van der Waals surface area contributed by atoms with Crippen LogP contribution in [0.5, 0.6) is 0 Å². The van der Waals surface area contributed by atoms with Crippen molar-refractivity contribution in [2.24, 2.45) is 5.92 Å². The average molecular weight is 341 g/mol. The topological polar surface area (TPSA) is 41.1 Å². The van der Waals surface area contributed by atoms with Crippen LogP contribution in [0.15, 0.2) is 10.7 Å². The Morgan fingerprint density at radius 2 is 2.10 bits per heavy atom. The first-order valence-electron chi connectivity index (χ1n) is 7.67. The van der Waals surface area contributed by atoms with Crippen LogP contribution >= 0.6 is 15.9 Å². The Morgan fingerprint density at radius 3 is 2.80 bits per heavy atom. The third-order valence-corrected chi connectivity index (χ3v) is 4.23. The number of aryl methyl sites for hydroxylation is 1. The highest BCUT2D eigenvalue weighted by atomic mass is 79.9. The first-order valence-corrected chi connectivity index (χ1v) is 8.46. The summed E-state index contributed by atoms with van der Waals surface area (Å²) in [5.74, 6) is 2.74. The Bertz CT molecular complexity index is 416. The zero-order chi connectivity index (χ0) is 14.4. The van der Waals surface area contributed by atoms with Gasteiger partial charge in [-0.15, -0.1) is 0 Å². The molecule has 0 aromatic carbocycles. The standard InChI is InChI=1S/C15H25BrN4/c1-3-4-14-18-13(16)11-15(19-14)17-7-10-20-8-5-12(2)6-9-20/h11-12H,3-10H2,1-2H3,(H,17,18,19). The first kappa shape index (κ1) is 15.7. The number of nitrogens with zero attached hydrogens (tertiary/aromatic N) is 3. The lowest BCUT2D eigenvalue weighted by molar-refractivity contribution is 0.199. The molecule has 2 rings (SSSR count). The molecule has 5 heteroatoms. The van der Waals surface area contributed by atoms with Gasteiger partial charge in [-0.1, -0.05) is 13.8 Å². The van der Waals surface area contributed by atoms with Crippen molar-refractivity contribution in [1.29, 1.82) is 0 Å². The third-order valence-electron chi connectivity index (χ3n) is 3.83. The fourth-order valence-corrected chi connectivity index (χ4v) is 2.94. The Kier molecular flexibility index (Phi) is 6.23. The Hall–Kier alpha value is -0.680. The zero-order valence-corrected chi connectivity index (χ0v) is 14.1. The molecule has 1 aromatic heterocycles. The van der Waals surface area contributed by atoms with Crippen molar-refractivity contribution in [2.75, 3.05) is 31.5 Å². The molecule has 1 saturated heterocycles. The minimum atomic E-state index is 0.866. The summed E-state index contributed by atoms with van der Waals surface area (Å²) in [7, 11) is 0. The molecule has 0 atom stereocenters. The molecule has 20 heavy (non-hydrogen) atoms. The molecule has 0 spiro atoms. The maximum Gasteiger partial charge on any atom is 0.132 e. The fourth-order valence-electron chi connectivity index (χ4n) is 2.52. The van der Waals surface area contributed by atoms with Crippen molar-refractivity contribution < 1.29 is 0 Å². The van der Waals surface area contributed by atoms with Crippen LogP contribution in [0.4, 0.5) is 5.82 Å². The lowest BCUT2D eigenvalue weighted by atomic mass is 9.99. The molecule has 1 aromatic rings. The second-order valence-corrected chi connectivity index (χ2v) is 6.51. The van der Waals surface area contributed by atoms with Crippen molar-refractivity contribution in [2.45, 2.75) is 39.5 Å². The van der Waals surface area contributed by atoms with Crippen molar-refractivity contribution in [3.05, 3.63) is 16.5 Å². The SMILES string of the molecule is CCCc1nc(Br)cc(NCCN2CCC(C)CC2)n1. The number of rotatable bonds is 6. The van der Waals surface area contributed by atoms with Crippen molar-refractivity contribution in [3.8, 4) is 0 Å². The van der Waals surface area contributed by atoms with Gasteiger partial charge in [-0.05, 0) is 54.2 Å². The molecule has 1 aliphatic rings. The monoisotopic (exact) mass is 340 g/mol. The number of piperidine rings is 1. The van der Waals surface area contributed by atoms with Crippen LogP contribution in [0.25, 0.3) is 0 Å². The molecule has 0 bridgehead atoms. The second-order valence-electron chi connectivity index (χ2n) is 5.69. The molecule has 1 aliphatic heterocycles. The third kappa shape index (κ3) is 5.02. The average Bonchev–Trinajstić information content (AvgIpc) is 2.41. The fraction of sp³-hybridized carbons (Fsp3) is 0.733. The quantitative estimate of drug-likeness (QED) is 0.806. The number of aromatic nitrogens is 2. The van der Waals surface area contributed by atoms with Gasteiger partial charge in [0, 0.05) is 25.6 Å². The summed E-state index contributed by atoms with van der Waals surface area (Å²) in [5, 5.41) is 3.42. The summed E-state index contributed by atoms with van der Waals surface area (Å²) >= 11 is 3.46. The largest absolute Gasteiger partial charge is 0.369 e. The van der Waals surface area contributed by atoms with Gasteiger partial charge in [0.05, 0.1) is 0 Å². The van der Waals surface area contributed by atoms with E-state index in [0.717, 1.165) is 48.1 Å². The normalized spacial score (nSPS) is 17.4. The van der Waals surface area contributed by atoms with E-state index in [1.807, 2.05) is 6.07 Å². The van der Waals surface area contributed by atoms with Crippen LogP contribution in [0.2, 0.25) is 0 Å². The molecule has 0 saturated carbocycles. The van der Waals surface area contributed by atoms with E-state index >= 15 is 0 Å². The molecule has 0 aliphatic carbocycles. The molecule has 2 heterocycles. The number of halogens is 1. The van der Waals surface area contributed by atoms with Gasteiger partial charge in [0.1, 0.15) is 16.2 Å². The van der Waals surface area contributed by atoms with E-state index in [1.54, 1.807) is 0 Å². The van der Waals surface area contributed by atoms with E-state index in [1.165, 1.54) is 25.9 Å².